The molecule has 0 radical (unpaired) electrons. The van der Waals surface area contributed by atoms with Crippen LogP contribution in [0.2, 0.25) is 0 Å². The third-order valence-electron chi connectivity index (χ3n) is 2.60. The first-order chi connectivity index (χ1) is 7.26. The van der Waals surface area contributed by atoms with E-state index in [4.69, 9.17) is 0 Å². The number of hydrogen-bond acceptors (Lipinski definition) is 3. The lowest BCUT2D eigenvalue weighted by molar-refractivity contribution is 0.467. The number of aryl methyl sites for hydroxylation is 1. The molecule has 1 N–H and O–H groups in total. The number of aromatic nitrogens is 1. The van der Waals surface area contributed by atoms with Gasteiger partial charge in [0.05, 0.1) is 5.01 Å². The molecule has 0 saturated carbocycles. The van der Waals surface area contributed by atoms with Gasteiger partial charge in [-0.25, -0.2) is 4.98 Å². The van der Waals surface area contributed by atoms with Gasteiger partial charge in [0.1, 0.15) is 0 Å². The van der Waals surface area contributed by atoms with Crippen LogP contribution in [0, 0.1) is 6.92 Å². The summed E-state index contributed by atoms with van der Waals surface area (Å²) in [5, 5.41) is 4.78. The Kier molecular flexibility index (Phi) is 5.88. The molecule has 1 aromatic rings. The molecular weight excluding hydrogens is 204 g/mol. The second-order valence-corrected chi connectivity index (χ2v) is 5.26. The molecule has 1 atom stereocenters. The fourth-order valence-electron chi connectivity index (χ4n) is 1.72. The van der Waals surface area contributed by atoms with Crippen LogP contribution >= 0.6 is 11.3 Å². The molecule has 2 nitrogen and oxygen atoms in total. The Labute approximate surface area is 97.1 Å². The first-order valence-electron chi connectivity index (χ1n) is 5.91. The summed E-state index contributed by atoms with van der Waals surface area (Å²) < 4.78 is 0. The Hall–Kier alpha value is -0.410. The number of rotatable bonds is 7. The number of hydrogen-bond donors (Lipinski definition) is 1. The zero-order chi connectivity index (χ0) is 11.1. The lowest BCUT2D eigenvalue weighted by Crippen LogP contribution is -2.29. The van der Waals surface area contributed by atoms with Crippen molar-refractivity contribution >= 4 is 11.3 Å². The lowest BCUT2D eigenvalue weighted by atomic mass is 10.1. The predicted octanol–water partition coefficient (Wildman–Crippen LogP) is 3.16. The first kappa shape index (κ1) is 12.7. The van der Waals surface area contributed by atoms with E-state index in [-0.39, 0.29) is 0 Å². The predicted molar refractivity (Wildman–Crippen MR) is 67.5 cm³/mol. The molecule has 1 unspecified atom stereocenters. The largest absolute Gasteiger partial charge is 0.314 e. The summed E-state index contributed by atoms with van der Waals surface area (Å²) in [6, 6.07) is 0.698. The molecule has 1 heterocycles. The van der Waals surface area contributed by atoms with Gasteiger partial charge in [0.25, 0.3) is 0 Å². The highest BCUT2D eigenvalue weighted by molar-refractivity contribution is 7.11. The maximum absolute atomic E-state index is 4.26. The minimum atomic E-state index is 0.698. The highest BCUT2D eigenvalue weighted by atomic mass is 32.1. The number of nitrogens with one attached hydrogen (secondary N) is 1. The van der Waals surface area contributed by atoms with Gasteiger partial charge in [-0.15, -0.1) is 11.3 Å². The molecule has 0 fully saturated rings. The van der Waals surface area contributed by atoms with Crippen LogP contribution in [0.4, 0.5) is 0 Å². The van der Waals surface area contributed by atoms with Crippen LogP contribution in [-0.2, 0) is 6.42 Å². The van der Waals surface area contributed by atoms with Crippen molar-refractivity contribution in [1.82, 2.24) is 10.3 Å². The van der Waals surface area contributed by atoms with Crippen LogP contribution < -0.4 is 5.32 Å². The van der Waals surface area contributed by atoms with E-state index in [2.05, 4.69) is 31.1 Å². The zero-order valence-electron chi connectivity index (χ0n) is 10.0. The SMILES string of the molecule is CCCC(CC)NCCc1cnc(C)s1. The smallest absolute Gasteiger partial charge is 0.0896 e. The molecule has 0 aliphatic carbocycles. The van der Waals surface area contributed by atoms with E-state index in [9.17, 15) is 0 Å². The Balaban J connectivity index is 2.20. The van der Waals surface area contributed by atoms with Crippen molar-refractivity contribution in [3.63, 3.8) is 0 Å². The first-order valence-corrected chi connectivity index (χ1v) is 6.72. The van der Waals surface area contributed by atoms with Crippen molar-refractivity contribution in [2.75, 3.05) is 6.54 Å². The highest BCUT2D eigenvalue weighted by Crippen LogP contribution is 2.11. The van der Waals surface area contributed by atoms with E-state index >= 15 is 0 Å². The standard InChI is InChI=1S/C12H22N2S/c1-4-6-11(5-2)13-8-7-12-9-14-10(3)15-12/h9,11,13H,4-8H2,1-3H3. The van der Waals surface area contributed by atoms with Crippen LogP contribution in [0.5, 0.6) is 0 Å². The molecule has 1 rings (SSSR count). The van der Waals surface area contributed by atoms with Crippen molar-refractivity contribution in [3.8, 4) is 0 Å². The molecule has 1 aromatic heterocycles. The van der Waals surface area contributed by atoms with Gasteiger partial charge in [-0.3, -0.25) is 0 Å². The molecule has 86 valence electrons. The molecule has 3 heteroatoms. The summed E-state index contributed by atoms with van der Waals surface area (Å²) in [5.74, 6) is 0. The van der Waals surface area contributed by atoms with E-state index < -0.39 is 0 Å². The third-order valence-corrected chi connectivity index (χ3v) is 3.58. The van der Waals surface area contributed by atoms with Gasteiger partial charge in [0.15, 0.2) is 0 Å². The second kappa shape index (κ2) is 6.96. The Morgan fingerprint density at radius 1 is 1.47 bits per heavy atom. The summed E-state index contributed by atoms with van der Waals surface area (Å²) in [6.07, 6.45) is 6.91. The van der Waals surface area contributed by atoms with Gasteiger partial charge < -0.3 is 5.32 Å². The normalized spacial score (nSPS) is 13.0. The van der Waals surface area contributed by atoms with Gasteiger partial charge in [0.2, 0.25) is 0 Å². The maximum Gasteiger partial charge on any atom is 0.0896 e. The molecule has 0 saturated heterocycles. The van der Waals surface area contributed by atoms with Gasteiger partial charge in [0, 0.05) is 23.7 Å². The third kappa shape index (κ3) is 4.76. The van der Waals surface area contributed by atoms with Gasteiger partial charge >= 0.3 is 0 Å². The van der Waals surface area contributed by atoms with Crippen molar-refractivity contribution in [2.45, 2.75) is 52.5 Å². The maximum atomic E-state index is 4.26. The van der Waals surface area contributed by atoms with E-state index in [1.807, 2.05) is 17.5 Å². The second-order valence-electron chi connectivity index (χ2n) is 3.94. The fraction of sp³-hybridized carbons (Fsp3) is 0.750. The van der Waals surface area contributed by atoms with E-state index in [1.54, 1.807) is 0 Å². The minimum Gasteiger partial charge on any atom is -0.314 e. The van der Waals surface area contributed by atoms with Crippen LogP contribution in [0.1, 0.15) is 43.0 Å². The number of nitrogens with zero attached hydrogens (tertiary/aromatic N) is 1. The summed E-state index contributed by atoms with van der Waals surface area (Å²) in [5.41, 5.74) is 0. The molecular formula is C12H22N2S. The van der Waals surface area contributed by atoms with Crippen LogP contribution in [0.25, 0.3) is 0 Å². The molecule has 0 amide bonds. The summed E-state index contributed by atoms with van der Waals surface area (Å²) >= 11 is 1.81. The van der Waals surface area contributed by atoms with Crippen molar-refractivity contribution < 1.29 is 0 Å². The van der Waals surface area contributed by atoms with Crippen molar-refractivity contribution in [3.05, 3.63) is 16.1 Å². The summed E-state index contributed by atoms with van der Waals surface area (Å²) in [7, 11) is 0. The Bertz CT molecular complexity index is 270. The van der Waals surface area contributed by atoms with Crippen molar-refractivity contribution in [2.24, 2.45) is 0 Å². The van der Waals surface area contributed by atoms with Gasteiger partial charge in [-0.1, -0.05) is 20.3 Å². The van der Waals surface area contributed by atoms with Crippen LogP contribution in [0.15, 0.2) is 6.20 Å². The zero-order valence-corrected chi connectivity index (χ0v) is 10.9. The summed E-state index contributed by atoms with van der Waals surface area (Å²) in [6.45, 7) is 7.65. The van der Waals surface area contributed by atoms with Gasteiger partial charge in [-0.2, -0.15) is 0 Å². The molecule has 15 heavy (non-hydrogen) atoms. The molecule has 0 aromatic carbocycles. The van der Waals surface area contributed by atoms with Crippen LogP contribution in [0.3, 0.4) is 0 Å². The molecule has 0 aliphatic heterocycles. The fourth-order valence-corrected chi connectivity index (χ4v) is 2.51. The summed E-state index contributed by atoms with van der Waals surface area (Å²) in [4.78, 5) is 5.66. The molecule has 0 aliphatic rings. The van der Waals surface area contributed by atoms with E-state index in [0.717, 1.165) is 13.0 Å². The average Bonchev–Trinajstić information content (AvgIpc) is 2.63. The lowest BCUT2D eigenvalue weighted by Gasteiger charge is -2.15. The van der Waals surface area contributed by atoms with Crippen LogP contribution in [-0.4, -0.2) is 17.6 Å². The number of thiazole rings is 1. The van der Waals surface area contributed by atoms with Crippen molar-refractivity contribution in [1.29, 1.82) is 0 Å². The monoisotopic (exact) mass is 226 g/mol. The molecule has 0 bridgehead atoms. The quantitative estimate of drug-likeness (QED) is 0.772. The topological polar surface area (TPSA) is 24.9 Å². The average molecular weight is 226 g/mol. The Morgan fingerprint density at radius 2 is 2.27 bits per heavy atom. The van der Waals surface area contributed by atoms with E-state index in [1.165, 1.54) is 29.1 Å². The van der Waals surface area contributed by atoms with E-state index in [0.29, 0.717) is 6.04 Å². The minimum absolute atomic E-state index is 0.698. The Morgan fingerprint density at radius 3 is 2.80 bits per heavy atom. The molecule has 0 spiro atoms. The highest BCUT2D eigenvalue weighted by Gasteiger charge is 2.04. The van der Waals surface area contributed by atoms with Gasteiger partial charge in [-0.05, 0) is 26.2 Å².